The van der Waals surface area contributed by atoms with Gasteiger partial charge >= 0.3 is 59.1 Å². The van der Waals surface area contributed by atoms with Gasteiger partial charge in [-0.1, -0.05) is 35.3 Å². The monoisotopic (exact) mass is 1100 g/mol. The molecule has 22 heteroatoms. The van der Waals surface area contributed by atoms with Crippen LogP contribution in [0.2, 0.25) is 10.0 Å². The van der Waals surface area contributed by atoms with Crippen LogP contribution in [0, 0.1) is 30.1 Å². The summed E-state index contributed by atoms with van der Waals surface area (Å²) in [5.74, 6) is 0.516. The number of nitriles is 2. The van der Waals surface area contributed by atoms with Gasteiger partial charge in [0.05, 0.1) is 54.1 Å². The molecule has 0 aliphatic rings. The molecule has 6 heterocycles. The van der Waals surface area contributed by atoms with E-state index in [0.29, 0.717) is 33.9 Å². The number of carbonyl (C=O) groups excluding carboxylic acids is 1. The molecule has 8 rings (SSSR count). The Balaban J connectivity index is 0.000000830. The number of pyridine rings is 4. The first-order valence-corrected chi connectivity index (χ1v) is 18.6. The average Bonchev–Trinajstić information content (AvgIpc) is 3.75. The summed E-state index contributed by atoms with van der Waals surface area (Å²) in [6.07, 6.45) is 6.57. The fourth-order valence-corrected chi connectivity index (χ4v) is 6.56. The molecule has 0 fully saturated rings. The number of halogens is 7. The molecule has 0 atom stereocenters. The Kier molecular flexibility index (Phi) is 24.3. The number of H-pyrrole nitrogens is 1. The molecule has 0 aliphatic carbocycles. The number of hydrogen-bond acceptors (Lipinski definition) is 11. The fourth-order valence-electron chi connectivity index (χ4n) is 4.82. The number of carbonyl (C=O) groups is 1. The Morgan fingerprint density at radius 3 is 1.93 bits per heavy atom. The van der Waals surface area contributed by atoms with Crippen LogP contribution >= 0.6 is 92.4 Å². The molecular weight excluding hydrogens is 1080 g/mol. The van der Waals surface area contributed by atoms with Gasteiger partial charge in [-0.15, -0.1) is 24.0 Å². The number of rotatable bonds is 4. The number of fused-ring (bicyclic) bond motifs is 4. The molecule has 0 saturated heterocycles. The van der Waals surface area contributed by atoms with Crippen molar-refractivity contribution in [3.63, 3.8) is 0 Å². The van der Waals surface area contributed by atoms with Gasteiger partial charge in [0, 0.05) is 39.8 Å². The van der Waals surface area contributed by atoms with Crippen LogP contribution in [-0.2, 0) is 22.1 Å². The topological polar surface area (TPSA) is 195 Å². The van der Waals surface area contributed by atoms with Gasteiger partial charge in [-0.2, -0.15) is 20.7 Å². The standard InChI is InChI=1S/C17H9ClIN5.C10H7Cl2N.C7H3IN4.CH3F.CH2O3.ClH.2Na.H/c18-12-4-11-3-10(1-2-15(11)22-7-12)9-24-16-8-21-13(6-20)5-14(16)17(19)23-24;11-5-7-1-2-10-8(3-7)4-9(12)6-13-10;8-7-5-1-4(2-9)10-3-6(5)11-12-7;1-2;2-1-4-3;;;;/h1-5,7-8H,9H2;1-4,6H,5H2;1,3H,(H,11,12);1H3;1,3H;1H;;;/q;;;;;;2*+1;-1/p-1/i;;;1D;;;;;. The summed E-state index contributed by atoms with van der Waals surface area (Å²) in [6, 6.07) is 23.3. The van der Waals surface area contributed by atoms with Crippen molar-refractivity contribution in [1.82, 2.24) is 39.9 Å². The van der Waals surface area contributed by atoms with E-state index in [0.717, 1.165) is 62.1 Å². The Labute approximate surface area is 426 Å². The maximum Gasteiger partial charge on any atom is 1.00 e. The zero-order chi connectivity index (χ0) is 40.6. The maximum absolute atomic E-state index is 9.96. The molecule has 288 valence electrons. The third-order valence-electron chi connectivity index (χ3n) is 7.17. The van der Waals surface area contributed by atoms with Gasteiger partial charge in [0.1, 0.15) is 36.4 Å². The number of nitrogens with one attached hydrogen (secondary N) is 1. The van der Waals surface area contributed by atoms with Gasteiger partial charge in [-0.05, 0) is 105 Å². The van der Waals surface area contributed by atoms with E-state index in [9.17, 15) is 4.39 Å². The molecule has 0 amide bonds. The molecule has 8 aromatic rings. The zero-order valence-electron chi connectivity index (χ0n) is 32.2. The fraction of sp³-hybridized carbons (Fsp3) is 0.0833. The Bertz CT molecular complexity index is 2710. The van der Waals surface area contributed by atoms with Crippen LogP contribution in [0.3, 0.4) is 0 Å². The summed E-state index contributed by atoms with van der Waals surface area (Å²) in [4.78, 5) is 27.8. The van der Waals surface area contributed by atoms with Crippen LogP contribution < -0.4 is 64.4 Å². The molecule has 0 aliphatic heterocycles. The molecule has 0 bridgehead atoms. The normalized spacial score (nSPS) is 9.71. The van der Waals surface area contributed by atoms with Crippen molar-refractivity contribution in [2.45, 2.75) is 12.4 Å². The predicted octanol–water partition coefficient (Wildman–Crippen LogP) is 2.78. The van der Waals surface area contributed by atoms with Crippen LogP contribution in [0.5, 0.6) is 0 Å². The van der Waals surface area contributed by atoms with E-state index in [1.54, 1.807) is 36.9 Å². The second-order valence-electron chi connectivity index (χ2n) is 10.6. The molecule has 0 spiro atoms. The van der Waals surface area contributed by atoms with Crippen molar-refractivity contribution < 1.29 is 81.2 Å². The zero-order valence-corrected chi connectivity index (χ0v) is 41.6. The predicted molar refractivity (Wildman–Crippen MR) is 231 cm³/mol. The molecule has 6 aromatic heterocycles. The molecule has 2 aromatic carbocycles. The van der Waals surface area contributed by atoms with E-state index in [-0.39, 0.29) is 79.4 Å². The van der Waals surface area contributed by atoms with Crippen molar-refractivity contribution >= 4 is 142 Å². The molecule has 0 saturated carbocycles. The Hall–Kier alpha value is -2.54. The smallest absolute Gasteiger partial charge is 1.00 e. The molecule has 1 N–H and O–H groups in total. The van der Waals surface area contributed by atoms with Crippen molar-refractivity contribution in [1.29, 1.82) is 10.5 Å². The second kappa shape index (κ2) is 27.3. The largest absolute Gasteiger partial charge is 1.00 e. The summed E-state index contributed by atoms with van der Waals surface area (Å²) in [5, 5.41) is 42.6. The summed E-state index contributed by atoms with van der Waals surface area (Å²) in [6.45, 7) is 0.426. The number of nitrogens with zero attached hydrogens (tertiary/aromatic N) is 9. The van der Waals surface area contributed by atoms with Crippen LogP contribution in [0.25, 0.3) is 43.6 Å². The van der Waals surface area contributed by atoms with E-state index < -0.39 is 7.15 Å². The van der Waals surface area contributed by atoms with E-state index in [4.69, 9.17) is 56.7 Å². The minimum absolute atomic E-state index is 0. The van der Waals surface area contributed by atoms with Crippen molar-refractivity contribution in [3.05, 3.63) is 125 Å². The summed E-state index contributed by atoms with van der Waals surface area (Å²) in [7, 11) is -1.00. The quantitative estimate of drug-likeness (QED) is 0.0681. The van der Waals surface area contributed by atoms with Crippen LogP contribution in [-0.4, -0.2) is 53.5 Å². The van der Waals surface area contributed by atoms with Crippen LogP contribution in [0.1, 0.15) is 25.3 Å². The number of benzene rings is 2. The van der Waals surface area contributed by atoms with E-state index >= 15 is 0 Å². The number of aromatic nitrogens is 8. The average molecular weight is 1110 g/mol. The third-order valence-corrected chi connectivity index (χ3v) is 9.51. The number of hydrogen-bond donors (Lipinski definition) is 1. The minimum Gasteiger partial charge on any atom is -1.00 e. The first-order chi connectivity index (χ1) is 27.1. The molecular formula is C36H25Cl4FI2N10Na2O3. The van der Waals surface area contributed by atoms with Gasteiger partial charge in [0.15, 0.2) is 0 Å². The SMILES string of the molecule is Cl.ClCc1ccc2ncc(Cl)cc2c1.N#Cc1cc2c(I)[nH]nc2cn1.N#Cc1cc2c(I)nn(Cc3ccc4ncc(Cl)cc4c3)c2cn1.O=CO[O-].[2H]CF.[H-].[Na+].[Na+]. The van der Waals surface area contributed by atoms with Gasteiger partial charge < -0.3 is 11.6 Å². The third kappa shape index (κ3) is 14.9. The van der Waals surface area contributed by atoms with E-state index in [1.165, 1.54) is 0 Å². The Morgan fingerprint density at radius 2 is 1.40 bits per heavy atom. The van der Waals surface area contributed by atoms with Gasteiger partial charge in [0.2, 0.25) is 0 Å². The molecule has 0 radical (unpaired) electrons. The van der Waals surface area contributed by atoms with Gasteiger partial charge in [-0.25, -0.2) is 9.97 Å². The second-order valence-corrected chi connectivity index (χ2v) is 13.8. The van der Waals surface area contributed by atoms with Crippen molar-refractivity contribution in [3.8, 4) is 12.1 Å². The molecule has 0 unspecified atom stereocenters. The summed E-state index contributed by atoms with van der Waals surface area (Å²) < 4.78 is 19.2. The van der Waals surface area contributed by atoms with Gasteiger partial charge in [-0.3, -0.25) is 28.9 Å². The first-order valence-electron chi connectivity index (χ1n) is 15.8. The maximum atomic E-state index is 9.96. The van der Waals surface area contributed by atoms with Crippen molar-refractivity contribution in [2.75, 3.05) is 7.15 Å². The van der Waals surface area contributed by atoms with Crippen LogP contribution in [0.15, 0.2) is 85.5 Å². The number of alkyl halides is 2. The molecule has 13 nitrogen and oxygen atoms in total. The Morgan fingerprint density at radius 1 is 0.879 bits per heavy atom. The van der Waals surface area contributed by atoms with Crippen LogP contribution in [0.4, 0.5) is 4.39 Å². The number of aromatic amines is 1. The minimum atomic E-state index is -1.00. The first kappa shape index (κ1) is 51.6. The van der Waals surface area contributed by atoms with Crippen molar-refractivity contribution in [2.24, 2.45) is 0 Å². The van der Waals surface area contributed by atoms with Gasteiger partial charge in [0.25, 0.3) is 6.47 Å². The van der Waals surface area contributed by atoms with E-state index in [1.807, 2.05) is 53.2 Å². The summed E-state index contributed by atoms with van der Waals surface area (Å²) in [5.41, 5.74) is 6.53. The molecule has 58 heavy (non-hydrogen) atoms. The summed E-state index contributed by atoms with van der Waals surface area (Å²) >= 11 is 21.9. The van der Waals surface area contributed by atoms with E-state index in [2.05, 4.69) is 97.4 Å².